The van der Waals surface area contributed by atoms with Gasteiger partial charge in [0.25, 0.3) is 0 Å². The maximum atomic E-state index is 12.1. The van der Waals surface area contributed by atoms with E-state index in [-0.39, 0.29) is 24.0 Å². The highest BCUT2D eigenvalue weighted by Crippen LogP contribution is 2.50. The fourth-order valence-corrected chi connectivity index (χ4v) is 3.80. The van der Waals surface area contributed by atoms with Crippen LogP contribution in [0.4, 0.5) is 0 Å². The maximum Gasteiger partial charge on any atom is 0.156 e. The van der Waals surface area contributed by atoms with E-state index in [1.165, 1.54) is 6.08 Å². The Labute approximate surface area is 131 Å². The van der Waals surface area contributed by atoms with Gasteiger partial charge >= 0.3 is 0 Å². The van der Waals surface area contributed by atoms with Crippen LogP contribution in [0.5, 0.6) is 5.75 Å². The number of carbonyl (C=O) groups is 1. The van der Waals surface area contributed by atoms with Gasteiger partial charge in [0.2, 0.25) is 0 Å². The third-order valence-electron chi connectivity index (χ3n) is 5.19. The van der Waals surface area contributed by atoms with Crippen molar-refractivity contribution in [3.8, 4) is 5.75 Å². The second kappa shape index (κ2) is 5.86. The van der Waals surface area contributed by atoms with Crippen molar-refractivity contribution in [3.63, 3.8) is 0 Å². The van der Waals surface area contributed by atoms with Gasteiger partial charge in [-0.25, -0.2) is 0 Å². The molecule has 0 radical (unpaired) electrons. The minimum absolute atomic E-state index is 0.0301. The van der Waals surface area contributed by atoms with Crippen molar-refractivity contribution >= 4 is 5.78 Å². The number of hydrogen-bond donors (Lipinski definition) is 3. The van der Waals surface area contributed by atoms with Crippen LogP contribution in [0.3, 0.4) is 0 Å². The van der Waals surface area contributed by atoms with Gasteiger partial charge in [0.05, 0.1) is 0 Å². The van der Waals surface area contributed by atoms with Crippen molar-refractivity contribution in [2.45, 2.75) is 50.7 Å². The van der Waals surface area contributed by atoms with Crippen molar-refractivity contribution in [2.75, 3.05) is 7.05 Å². The Bertz CT molecular complexity index is 590. The zero-order valence-corrected chi connectivity index (χ0v) is 13.7. The molecule has 1 aliphatic carbocycles. The molecule has 2 rings (SSSR count). The van der Waals surface area contributed by atoms with Crippen LogP contribution in [-0.2, 0) is 10.2 Å². The quantitative estimate of drug-likeness (QED) is 0.798. The summed E-state index contributed by atoms with van der Waals surface area (Å²) in [5.74, 6) is 0.101. The Balaban J connectivity index is 2.78. The molecule has 0 fully saturated rings. The number of nitrogens with one attached hydrogen (secondary N) is 1. The molecule has 4 nitrogen and oxygen atoms in total. The first-order valence-electron chi connectivity index (χ1n) is 7.73. The highest BCUT2D eigenvalue weighted by Gasteiger charge is 2.55. The number of aryl methyl sites for hydroxylation is 1. The van der Waals surface area contributed by atoms with Crippen molar-refractivity contribution in [1.82, 2.24) is 5.32 Å². The third kappa shape index (κ3) is 2.27. The van der Waals surface area contributed by atoms with E-state index in [1.807, 2.05) is 26.8 Å². The Hall–Kier alpha value is -1.65. The first-order chi connectivity index (χ1) is 10.3. The molecule has 0 spiro atoms. The second-order valence-corrected chi connectivity index (χ2v) is 6.22. The smallest absolute Gasteiger partial charge is 0.156 e. The molecule has 1 aromatic rings. The molecule has 120 valence electrons. The molecule has 3 N–H and O–H groups in total. The number of ketones is 1. The van der Waals surface area contributed by atoms with Crippen LogP contribution in [0, 0.1) is 6.92 Å². The molecule has 1 aromatic carbocycles. The molecule has 0 aromatic heterocycles. The van der Waals surface area contributed by atoms with Gasteiger partial charge in [-0.15, -0.1) is 0 Å². The molecule has 0 heterocycles. The first kappa shape index (κ1) is 16.7. The second-order valence-electron chi connectivity index (χ2n) is 6.22. The van der Waals surface area contributed by atoms with Crippen LogP contribution in [-0.4, -0.2) is 34.7 Å². The van der Waals surface area contributed by atoms with Crippen LogP contribution < -0.4 is 5.32 Å². The number of benzene rings is 1. The van der Waals surface area contributed by atoms with E-state index in [0.717, 1.165) is 5.56 Å². The number of hydrogen-bond acceptors (Lipinski definition) is 4. The van der Waals surface area contributed by atoms with Crippen LogP contribution in [0.15, 0.2) is 30.4 Å². The predicted octanol–water partition coefficient (Wildman–Crippen LogP) is 2.22. The van der Waals surface area contributed by atoms with Crippen LogP contribution in [0.1, 0.15) is 37.8 Å². The van der Waals surface area contributed by atoms with E-state index in [4.69, 9.17) is 0 Å². The Morgan fingerprint density at radius 2 is 2.09 bits per heavy atom. The lowest BCUT2D eigenvalue weighted by atomic mass is 9.57. The normalized spacial score (nSPS) is 29.6. The van der Waals surface area contributed by atoms with E-state index in [0.29, 0.717) is 12.0 Å². The molecular formula is C18H25NO3. The average Bonchev–Trinajstić information content (AvgIpc) is 2.49. The number of aromatic hydroxyl groups is 1. The largest absolute Gasteiger partial charge is 0.508 e. The van der Waals surface area contributed by atoms with Gasteiger partial charge in [-0.05, 0) is 51.1 Å². The van der Waals surface area contributed by atoms with Crippen molar-refractivity contribution in [3.05, 3.63) is 41.5 Å². The first-order valence-corrected chi connectivity index (χ1v) is 7.73. The number of likely N-dealkylation sites (N-methyl/N-ethyl adjacent to an activating group) is 1. The molecule has 22 heavy (non-hydrogen) atoms. The SMILES string of the molecule is CCC1(c2c(C)cccc2O)CC(=O)C=CC1(O)C(C)NC. The van der Waals surface area contributed by atoms with E-state index < -0.39 is 11.0 Å². The molecule has 0 saturated heterocycles. The fourth-order valence-electron chi connectivity index (χ4n) is 3.80. The molecule has 4 heteroatoms. The van der Waals surface area contributed by atoms with Gasteiger partial charge in [0, 0.05) is 23.4 Å². The summed E-state index contributed by atoms with van der Waals surface area (Å²) in [6.45, 7) is 5.74. The minimum Gasteiger partial charge on any atom is -0.508 e. The Kier molecular flexibility index (Phi) is 4.45. The highest BCUT2D eigenvalue weighted by atomic mass is 16.3. The molecule has 0 amide bonds. The summed E-state index contributed by atoms with van der Waals surface area (Å²) in [6, 6.07) is 5.03. The predicted molar refractivity (Wildman–Crippen MR) is 87.0 cm³/mol. The van der Waals surface area contributed by atoms with Crippen LogP contribution in [0.2, 0.25) is 0 Å². The number of phenolic OH excluding ortho intramolecular Hbond substituents is 1. The van der Waals surface area contributed by atoms with Crippen molar-refractivity contribution < 1.29 is 15.0 Å². The lowest BCUT2D eigenvalue weighted by Gasteiger charge is -2.51. The molecule has 0 saturated carbocycles. The molecule has 3 unspecified atom stereocenters. The third-order valence-corrected chi connectivity index (χ3v) is 5.19. The molecular weight excluding hydrogens is 278 g/mol. The Morgan fingerprint density at radius 1 is 1.41 bits per heavy atom. The molecule has 3 atom stereocenters. The number of allylic oxidation sites excluding steroid dienone is 1. The summed E-state index contributed by atoms with van der Waals surface area (Å²) in [4.78, 5) is 12.1. The fraction of sp³-hybridized carbons (Fsp3) is 0.500. The monoisotopic (exact) mass is 303 g/mol. The highest BCUT2D eigenvalue weighted by molar-refractivity contribution is 5.93. The number of aliphatic hydroxyl groups is 1. The number of phenols is 1. The molecule has 0 bridgehead atoms. The molecule has 1 aliphatic rings. The number of carbonyl (C=O) groups excluding carboxylic acids is 1. The minimum atomic E-state index is -1.26. The van der Waals surface area contributed by atoms with Gasteiger partial charge in [0.15, 0.2) is 5.78 Å². The van der Waals surface area contributed by atoms with Crippen molar-refractivity contribution in [1.29, 1.82) is 0 Å². The summed E-state index contributed by atoms with van der Waals surface area (Å²) < 4.78 is 0. The average molecular weight is 303 g/mol. The standard InChI is InChI=1S/C18H25NO3/c1-5-17(16-12(2)7-6-8-15(16)21)11-14(20)9-10-18(17,22)13(3)19-4/h6-10,13,19,21-22H,5,11H2,1-4H3. The summed E-state index contributed by atoms with van der Waals surface area (Å²) in [5.41, 5.74) is -0.559. The van der Waals surface area contributed by atoms with Crippen molar-refractivity contribution in [2.24, 2.45) is 0 Å². The topological polar surface area (TPSA) is 69.6 Å². The zero-order valence-electron chi connectivity index (χ0n) is 13.7. The summed E-state index contributed by atoms with van der Waals surface area (Å²) in [7, 11) is 1.78. The lowest BCUT2D eigenvalue weighted by Crippen LogP contribution is -2.62. The van der Waals surface area contributed by atoms with Gasteiger partial charge in [-0.1, -0.05) is 19.1 Å². The molecule has 0 aliphatic heterocycles. The summed E-state index contributed by atoms with van der Waals surface area (Å²) in [6.07, 6.45) is 3.78. The van der Waals surface area contributed by atoms with E-state index >= 15 is 0 Å². The van der Waals surface area contributed by atoms with E-state index in [1.54, 1.807) is 25.3 Å². The Morgan fingerprint density at radius 3 is 2.64 bits per heavy atom. The van der Waals surface area contributed by atoms with E-state index in [9.17, 15) is 15.0 Å². The van der Waals surface area contributed by atoms with E-state index in [2.05, 4.69) is 5.32 Å². The van der Waals surface area contributed by atoms with Gasteiger partial charge in [0.1, 0.15) is 11.4 Å². The summed E-state index contributed by atoms with van der Waals surface area (Å²) in [5, 5.41) is 25.0. The number of rotatable bonds is 4. The maximum absolute atomic E-state index is 12.1. The van der Waals surface area contributed by atoms with Gasteiger partial charge in [-0.2, -0.15) is 0 Å². The van der Waals surface area contributed by atoms with Gasteiger partial charge < -0.3 is 15.5 Å². The lowest BCUT2D eigenvalue weighted by molar-refractivity contribution is -0.121. The van der Waals surface area contributed by atoms with Crippen LogP contribution in [0.25, 0.3) is 0 Å². The zero-order chi connectivity index (χ0) is 16.5. The summed E-state index contributed by atoms with van der Waals surface area (Å²) >= 11 is 0. The van der Waals surface area contributed by atoms with Crippen LogP contribution >= 0.6 is 0 Å². The van der Waals surface area contributed by atoms with Gasteiger partial charge in [-0.3, -0.25) is 4.79 Å².